The van der Waals surface area contributed by atoms with Crippen molar-refractivity contribution in [3.63, 3.8) is 0 Å². The Labute approximate surface area is 208 Å². The smallest absolute Gasteiger partial charge is 0.370 e. The van der Waals surface area contributed by atoms with E-state index in [0.717, 1.165) is 17.7 Å². The highest BCUT2D eigenvalue weighted by atomic mass is 19.4. The van der Waals surface area contributed by atoms with Crippen molar-refractivity contribution in [2.24, 2.45) is 5.73 Å². The van der Waals surface area contributed by atoms with Crippen LogP contribution in [0.5, 0.6) is 0 Å². The Morgan fingerprint density at radius 2 is 1.56 bits per heavy atom. The molecule has 3 aliphatic rings. The van der Waals surface area contributed by atoms with Crippen LogP contribution in [0, 0.1) is 0 Å². The van der Waals surface area contributed by atoms with Crippen molar-refractivity contribution in [2.75, 3.05) is 6.54 Å². The predicted molar refractivity (Wildman–Crippen MR) is 128 cm³/mol. The standard InChI is InChI=1S/C27H30F3N3O3/c28-27(29,30)21-8-4-7-20(15-21)9-11-23(35)32-25-16-26(17-25,18-25)33(24(36)12-10-22(31)34)14-13-19-5-2-1-3-6-19/h1-8,15H,9-14,16-18H2,(H2,31,34)(H,32,35). The Morgan fingerprint density at radius 1 is 0.889 bits per heavy atom. The zero-order valence-electron chi connectivity index (χ0n) is 19.9. The van der Waals surface area contributed by atoms with Gasteiger partial charge in [0.25, 0.3) is 0 Å². The van der Waals surface area contributed by atoms with Gasteiger partial charge in [-0.25, -0.2) is 0 Å². The summed E-state index contributed by atoms with van der Waals surface area (Å²) in [7, 11) is 0. The lowest BCUT2D eigenvalue weighted by Crippen LogP contribution is -2.84. The fourth-order valence-electron chi connectivity index (χ4n) is 5.55. The van der Waals surface area contributed by atoms with E-state index in [1.807, 2.05) is 35.2 Å². The van der Waals surface area contributed by atoms with Gasteiger partial charge in [-0.05, 0) is 49.3 Å². The highest BCUT2D eigenvalue weighted by Gasteiger charge is 2.71. The minimum atomic E-state index is -4.42. The number of halogens is 3. The van der Waals surface area contributed by atoms with Gasteiger partial charge in [0.2, 0.25) is 17.7 Å². The number of primary amides is 1. The number of hydrogen-bond acceptors (Lipinski definition) is 3. The maximum absolute atomic E-state index is 13.0. The first-order chi connectivity index (χ1) is 17.0. The van der Waals surface area contributed by atoms with Crippen LogP contribution in [0.1, 0.15) is 55.2 Å². The molecule has 0 aromatic heterocycles. The lowest BCUT2D eigenvalue weighted by molar-refractivity contribution is -0.191. The van der Waals surface area contributed by atoms with Crippen molar-refractivity contribution in [1.82, 2.24) is 10.2 Å². The summed E-state index contributed by atoms with van der Waals surface area (Å²) in [6.07, 6.45) is -1.49. The summed E-state index contributed by atoms with van der Waals surface area (Å²) >= 11 is 0. The van der Waals surface area contributed by atoms with Gasteiger partial charge in [0.05, 0.1) is 5.56 Å². The highest BCUT2D eigenvalue weighted by Crippen LogP contribution is 2.63. The number of carbonyl (C=O) groups excluding carboxylic acids is 3. The minimum absolute atomic E-state index is 0.00579. The lowest BCUT2D eigenvalue weighted by Gasteiger charge is -2.73. The SMILES string of the molecule is NC(=O)CCC(=O)N(CCc1ccccc1)C12CC(NC(=O)CCc3cccc(C(F)(F)F)c3)(C1)C2. The topological polar surface area (TPSA) is 92.5 Å². The van der Waals surface area contributed by atoms with E-state index in [2.05, 4.69) is 5.32 Å². The van der Waals surface area contributed by atoms with Crippen LogP contribution in [0.25, 0.3) is 0 Å². The van der Waals surface area contributed by atoms with Crippen molar-refractivity contribution < 1.29 is 27.6 Å². The molecule has 36 heavy (non-hydrogen) atoms. The molecule has 2 aromatic rings. The van der Waals surface area contributed by atoms with Crippen LogP contribution in [0.2, 0.25) is 0 Å². The number of nitrogens with zero attached hydrogens (tertiary/aromatic N) is 1. The molecule has 0 unspecified atom stereocenters. The molecule has 0 atom stereocenters. The Kier molecular flexibility index (Phi) is 7.11. The van der Waals surface area contributed by atoms with Gasteiger partial charge in [-0.2, -0.15) is 13.2 Å². The van der Waals surface area contributed by atoms with Gasteiger partial charge in [-0.3, -0.25) is 14.4 Å². The lowest BCUT2D eigenvalue weighted by atomic mass is 9.43. The number of nitrogens with one attached hydrogen (secondary N) is 1. The molecule has 3 N–H and O–H groups in total. The van der Waals surface area contributed by atoms with Gasteiger partial charge in [0.1, 0.15) is 0 Å². The summed E-state index contributed by atoms with van der Waals surface area (Å²) in [4.78, 5) is 38.6. The molecular weight excluding hydrogens is 471 g/mol. The monoisotopic (exact) mass is 501 g/mol. The molecule has 0 heterocycles. The molecule has 0 aliphatic heterocycles. The maximum Gasteiger partial charge on any atom is 0.416 e. The second-order valence-electron chi connectivity index (χ2n) is 10.0. The fourth-order valence-corrected chi connectivity index (χ4v) is 5.55. The Morgan fingerprint density at radius 3 is 2.19 bits per heavy atom. The van der Waals surface area contributed by atoms with E-state index in [4.69, 9.17) is 5.73 Å². The first-order valence-electron chi connectivity index (χ1n) is 12.1. The average molecular weight is 502 g/mol. The van der Waals surface area contributed by atoms with Crippen molar-refractivity contribution in [3.05, 3.63) is 71.3 Å². The van der Waals surface area contributed by atoms with E-state index < -0.39 is 17.6 Å². The third-order valence-electron chi connectivity index (χ3n) is 7.23. The zero-order chi connectivity index (χ0) is 26.0. The molecule has 9 heteroatoms. The molecule has 3 fully saturated rings. The van der Waals surface area contributed by atoms with Crippen LogP contribution in [0.15, 0.2) is 54.6 Å². The summed E-state index contributed by atoms with van der Waals surface area (Å²) in [5.74, 6) is -0.848. The van der Waals surface area contributed by atoms with Crippen molar-refractivity contribution >= 4 is 17.7 Å². The number of aryl methyl sites for hydroxylation is 1. The molecule has 0 saturated heterocycles. The highest BCUT2D eigenvalue weighted by molar-refractivity contribution is 5.84. The maximum atomic E-state index is 13.0. The van der Waals surface area contributed by atoms with E-state index in [9.17, 15) is 27.6 Å². The van der Waals surface area contributed by atoms with Gasteiger partial charge >= 0.3 is 6.18 Å². The van der Waals surface area contributed by atoms with Crippen molar-refractivity contribution in [3.8, 4) is 0 Å². The van der Waals surface area contributed by atoms with Crippen LogP contribution in [0.4, 0.5) is 13.2 Å². The number of nitrogens with two attached hydrogens (primary N) is 1. The summed E-state index contributed by atoms with van der Waals surface area (Å²) < 4.78 is 38.7. The third kappa shape index (κ3) is 5.71. The summed E-state index contributed by atoms with van der Waals surface area (Å²) in [6.45, 7) is 0.515. The number of amides is 3. The molecule has 3 saturated carbocycles. The molecule has 3 aliphatic carbocycles. The number of carbonyl (C=O) groups is 3. The van der Waals surface area contributed by atoms with Crippen molar-refractivity contribution in [1.29, 1.82) is 0 Å². The summed E-state index contributed by atoms with van der Waals surface area (Å²) in [6, 6.07) is 14.8. The van der Waals surface area contributed by atoms with Crippen LogP contribution in [-0.2, 0) is 33.4 Å². The minimum Gasteiger partial charge on any atom is -0.370 e. The number of alkyl halides is 3. The number of hydrogen-bond donors (Lipinski definition) is 2. The van der Waals surface area contributed by atoms with Crippen molar-refractivity contribution in [2.45, 2.75) is 68.6 Å². The molecule has 0 radical (unpaired) electrons. The third-order valence-corrected chi connectivity index (χ3v) is 7.23. The Hall–Kier alpha value is -3.36. The van der Waals surface area contributed by atoms with E-state index in [0.29, 0.717) is 37.8 Å². The van der Waals surface area contributed by atoms with Crippen LogP contribution >= 0.6 is 0 Å². The van der Waals surface area contributed by atoms with Gasteiger partial charge in [0, 0.05) is 36.9 Å². The van der Waals surface area contributed by atoms with Gasteiger partial charge in [-0.1, -0.05) is 48.5 Å². The Bertz CT molecular complexity index is 1110. The molecule has 6 nitrogen and oxygen atoms in total. The van der Waals surface area contributed by atoms with Crippen LogP contribution in [0.3, 0.4) is 0 Å². The molecule has 2 aromatic carbocycles. The molecule has 0 spiro atoms. The first kappa shape index (κ1) is 25.7. The number of rotatable bonds is 11. The molecule has 5 rings (SSSR count). The van der Waals surface area contributed by atoms with E-state index in [1.54, 1.807) is 6.07 Å². The van der Waals surface area contributed by atoms with Gasteiger partial charge < -0.3 is 16.0 Å². The largest absolute Gasteiger partial charge is 0.416 e. The Balaban J connectivity index is 1.31. The average Bonchev–Trinajstić information content (AvgIpc) is 2.79. The second kappa shape index (κ2) is 9.95. The first-order valence-corrected chi connectivity index (χ1v) is 12.1. The predicted octanol–water partition coefficient (Wildman–Crippen LogP) is 3.77. The van der Waals surface area contributed by atoms with E-state index >= 15 is 0 Å². The van der Waals surface area contributed by atoms with Crippen LogP contribution < -0.4 is 11.1 Å². The summed E-state index contributed by atoms with van der Waals surface area (Å²) in [5, 5.41) is 3.04. The molecule has 2 bridgehead atoms. The number of benzene rings is 2. The quantitative estimate of drug-likeness (QED) is 0.491. The normalized spacial score (nSPS) is 22.2. The van der Waals surface area contributed by atoms with Crippen LogP contribution in [-0.4, -0.2) is 40.2 Å². The zero-order valence-corrected chi connectivity index (χ0v) is 19.9. The summed E-state index contributed by atoms with van der Waals surface area (Å²) in [5.41, 5.74) is 5.37. The van der Waals surface area contributed by atoms with E-state index in [-0.39, 0.29) is 48.6 Å². The van der Waals surface area contributed by atoms with Gasteiger partial charge in [0.15, 0.2) is 0 Å². The molecule has 3 amide bonds. The van der Waals surface area contributed by atoms with Gasteiger partial charge in [-0.15, -0.1) is 0 Å². The second-order valence-corrected chi connectivity index (χ2v) is 10.0. The van der Waals surface area contributed by atoms with E-state index in [1.165, 1.54) is 6.07 Å². The molecular formula is C27H30F3N3O3. The molecule has 192 valence electrons. The fraction of sp³-hybridized carbons (Fsp3) is 0.444.